The number of rotatable bonds is 4. The van der Waals surface area contributed by atoms with Gasteiger partial charge in [0.05, 0.1) is 0 Å². The van der Waals surface area contributed by atoms with Crippen LogP contribution >= 0.6 is 0 Å². The molecule has 1 saturated carbocycles. The summed E-state index contributed by atoms with van der Waals surface area (Å²) in [6.45, 7) is 1.73. The van der Waals surface area contributed by atoms with Gasteiger partial charge in [-0.05, 0) is 37.8 Å². The van der Waals surface area contributed by atoms with E-state index in [1.807, 2.05) is 0 Å². The maximum Gasteiger partial charge on any atom is -0.00746 e. The van der Waals surface area contributed by atoms with Gasteiger partial charge in [0.15, 0.2) is 0 Å². The van der Waals surface area contributed by atoms with Crippen LogP contribution < -0.4 is 11.5 Å². The first kappa shape index (κ1) is 10.0. The summed E-state index contributed by atoms with van der Waals surface area (Å²) in [6, 6.07) is 0. The van der Waals surface area contributed by atoms with Crippen molar-refractivity contribution in [3.05, 3.63) is 0 Å². The predicted octanol–water partition coefficient (Wildman–Crippen LogP) is 1.49. The maximum absolute atomic E-state index is 5.53. The molecule has 0 atom stereocenters. The summed E-state index contributed by atoms with van der Waals surface area (Å²) >= 11 is 0. The van der Waals surface area contributed by atoms with Gasteiger partial charge >= 0.3 is 0 Å². The average molecular weight is 170 g/mol. The molecule has 0 unspecified atom stereocenters. The lowest BCUT2D eigenvalue weighted by Gasteiger charge is -2.27. The lowest BCUT2D eigenvalue weighted by molar-refractivity contribution is 0.257. The fourth-order valence-electron chi connectivity index (χ4n) is 2.28. The first-order valence-electron chi connectivity index (χ1n) is 5.27. The number of nitrogens with two attached hydrogens (primary N) is 2. The van der Waals surface area contributed by atoms with Crippen LogP contribution in [0.2, 0.25) is 0 Å². The van der Waals surface area contributed by atoms with Crippen molar-refractivity contribution in [3.8, 4) is 0 Å². The van der Waals surface area contributed by atoms with Gasteiger partial charge in [-0.1, -0.05) is 25.7 Å². The Labute approximate surface area is 75.7 Å². The van der Waals surface area contributed by atoms with E-state index in [0.29, 0.717) is 0 Å². The Bertz CT molecular complexity index is 92.4. The van der Waals surface area contributed by atoms with Crippen LogP contribution in [0.4, 0.5) is 0 Å². The monoisotopic (exact) mass is 170 g/mol. The van der Waals surface area contributed by atoms with E-state index in [1.54, 1.807) is 0 Å². The molecule has 0 bridgehead atoms. The van der Waals surface area contributed by atoms with Crippen molar-refractivity contribution in [2.75, 3.05) is 13.1 Å². The second-order valence-corrected chi connectivity index (χ2v) is 4.04. The van der Waals surface area contributed by atoms with Crippen molar-refractivity contribution in [2.45, 2.75) is 38.5 Å². The third kappa shape index (κ3) is 3.11. The van der Waals surface area contributed by atoms with Crippen molar-refractivity contribution in [1.82, 2.24) is 0 Å². The van der Waals surface area contributed by atoms with Gasteiger partial charge in [-0.25, -0.2) is 0 Å². The number of hydrogen-bond acceptors (Lipinski definition) is 2. The summed E-state index contributed by atoms with van der Waals surface area (Å²) in [5, 5.41) is 0. The normalized spacial score (nSPS) is 30.5. The topological polar surface area (TPSA) is 52.0 Å². The fourth-order valence-corrected chi connectivity index (χ4v) is 2.28. The molecule has 72 valence electrons. The van der Waals surface area contributed by atoms with Crippen LogP contribution in [-0.4, -0.2) is 13.1 Å². The molecular formula is C10H22N2. The van der Waals surface area contributed by atoms with E-state index in [0.717, 1.165) is 24.9 Å². The van der Waals surface area contributed by atoms with Crippen LogP contribution in [-0.2, 0) is 0 Å². The van der Waals surface area contributed by atoms with E-state index in [9.17, 15) is 0 Å². The minimum atomic E-state index is 0.867. The van der Waals surface area contributed by atoms with Crippen molar-refractivity contribution >= 4 is 0 Å². The predicted molar refractivity (Wildman–Crippen MR) is 52.8 cm³/mol. The zero-order chi connectivity index (χ0) is 8.81. The quantitative estimate of drug-likeness (QED) is 0.671. The van der Waals surface area contributed by atoms with Crippen molar-refractivity contribution in [2.24, 2.45) is 23.3 Å². The first-order chi connectivity index (χ1) is 5.86. The molecule has 4 N–H and O–H groups in total. The molecule has 0 heterocycles. The Morgan fingerprint density at radius 3 is 1.33 bits per heavy atom. The van der Waals surface area contributed by atoms with E-state index in [2.05, 4.69) is 0 Å². The maximum atomic E-state index is 5.53. The first-order valence-corrected chi connectivity index (χ1v) is 5.27. The summed E-state index contributed by atoms with van der Waals surface area (Å²) in [7, 11) is 0. The Hall–Kier alpha value is -0.0800. The number of hydrogen-bond donors (Lipinski definition) is 2. The second-order valence-electron chi connectivity index (χ2n) is 4.04. The Morgan fingerprint density at radius 1 is 0.750 bits per heavy atom. The van der Waals surface area contributed by atoms with Crippen LogP contribution in [0.3, 0.4) is 0 Å². The fraction of sp³-hybridized carbons (Fsp3) is 1.00. The summed E-state index contributed by atoms with van der Waals surface area (Å²) in [6.07, 6.45) is 8.03. The lowest BCUT2D eigenvalue weighted by Crippen LogP contribution is -2.19. The summed E-state index contributed by atoms with van der Waals surface area (Å²) < 4.78 is 0. The van der Waals surface area contributed by atoms with Gasteiger partial charge in [-0.15, -0.1) is 0 Å². The molecule has 12 heavy (non-hydrogen) atoms. The van der Waals surface area contributed by atoms with Crippen molar-refractivity contribution < 1.29 is 0 Å². The highest BCUT2D eigenvalue weighted by atomic mass is 14.5. The molecule has 0 aromatic carbocycles. The summed E-state index contributed by atoms with van der Waals surface area (Å²) in [5.41, 5.74) is 11.1. The molecule has 1 fully saturated rings. The third-order valence-corrected chi connectivity index (χ3v) is 3.12. The molecule has 1 rings (SSSR count). The summed E-state index contributed by atoms with van der Waals surface area (Å²) in [5.74, 6) is 1.84. The van der Waals surface area contributed by atoms with Gasteiger partial charge in [0.1, 0.15) is 0 Å². The van der Waals surface area contributed by atoms with Gasteiger partial charge in [-0.2, -0.15) is 0 Å². The van der Waals surface area contributed by atoms with Gasteiger partial charge in [0.25, 0.3) is 0 Å². The zero-order valence-electron chi connectivity index (χ0n) is 7.97. The largest absolute Gasteiger partial charge is 0.330 e. The van der Waals surface area contributed by atoms with E-state index in [-0.39, 0.29) is 0 Å². The van der Waals surface area contributed by atoms with E-state index >= 15 is 0 Å². The Balaban J connectivity index is 2.11. The van der Waals surface area contributed by atoms with Gasteiger partial charge < -0.3 is 11.5 Å². The van der Waals surface area contributed by atoms with E-state index < -0.39 is 0 Å². The van der Waals surface area contributed by atoms with Gasteiger partial charge in [0.2, 0.25) is 0 Å². The zero-order valence-corrected chi connectivity index (χ0v) is 7.97. The van der Waals surface area contributed by atoms with E-state index in [1.165, 1.54) is 38.5 Å². The van der Waals surface area contributed by atoms with E-state index in [4.69, 9.17) is 11.5 Å². The summed E-state index contributed by atoms with van der Waals surface area (Å²) in [4.78, 5) is 0. The van der Waals surface area contributed by atoms with Crippen LogP contribution in [0.25, 0.3) is 0 Å². The van der Waals surface area contributed by atoms with Gasteiger partial charge in [-0.3, -0.25) is 0 Å². The Kier molecular flexibility index (Phi) is 4.62. The van der Waals surface area contributed by atoms with Gasteiger partial charge in [0, 0.05) is 0 Å². The van der Waals surface area contributed by atoms with Crippen LogP contribution in [0.1, 0.15) is 38.5 Å². The average Bonchev–Trinajstić information content (AvgIpc) is 2.09. The molecule has 0 spiro atoms. The SMILES string of the molecule is NCC[C@H]1CC[C@H](CCN)CC1. The lowest BCUT2D eigenvalue weighted by atomic mass is 9.79. The Morgan fingerprint density at radius 2 is 1.08 bits per heavy atom. The minimum Gasteiger partial charge on any atom is -0.330 e. The van der Waals surface area contributed by atoms with Crippen LogP contribution in [0.5, 0.6) is 0 Å². The molecular weight excluding hydrogens is 148 g/mol. The molecule has 1 aliphatic carbocycles. The van der Waals surface area contributed by atoms with Crippen molar-refractivity contribution in [3.63, 3.8) is 0 Å². The molecule has 2 nitrogen and oxygen atoms in total. The molecule has 0 radical (unpaired) electrons. The standard InChI is InChI=1S/C10H22N2/c11-7-5-9-1-2-10(4-3-9)6-8-12/h9-10H,1-8,11-12H2/t9-,10-. The molecule has 1 aliphatic rings. The highest BCUT2D eigenvalue weighted by Crippen LogP contribution is 2.31. The molecule has 0 amide bonds. The third-order valence-electron chi connectivity index (χ3n) is 3.12. The molecule has 0 saturated heterocycles. The van der Waals surface area contributed by atoms with Crippen LogP contribution in [0.15, 0.2) is 0 Å². The second kappa shape index (κ2) is 5.55. The molecule has 2 heteroatoms. The smallest absolute Gasteiger partial charge is 0.00746 e. The highest BCUT2D eigenvalue weighted by Gasteiger charge is 2.19. The molecule has 0 aromatic heterocycles. The van der Waals surface area contributed by atoms with Crippen LogP contribution in [0, 0.1) is 11.8 Å². The highest BCUT2D eigenvalue weighted by molar-refractivity contribution is 4.72. The molecule has 0 aromatic rings. The molecule has 0 aliphatic heterocycles. The minimum absolute atomic E-state index is 0.867. The van der Waals surface area contributed by atoms with Crippen molar-refractivity contribution in [1.29, 1.82) is 0 Å².